The predicted molar refractivity (Wildman–Crippen MR) is 196 cm³/mol. The molecule has 3 heterocycles. The van der Waals surface area contributed by atoms with Crippen LogP contribution in [0.25, 0.3) is 0 Å². The van der Waals surface area contributed by atoms with Crippen molar-refractivity contribution in [1.29, 1.82) is 0 Å². The van der Waals surface area contributed by atoms with Gasteiger partial charge >= 0.3 is 12.1 Å². The van der Waals surface area contributed by atoms with Crippen molar-refractivity contribution in [2.24, 2.45) is 17.8 Å². The van der Waals surface area contributed by atoms with Gasteiger partial charge in [-0.2, -0.15) is 0 Å². The molecule has 2 fully saturated rings. The highest BCUT2D eigenvalue weighted by molar-refractivity contribution is 5.88. The molecule has 0 aromatic heterocycles. The van der Waals surface area contributed by atoms with Gasteiger partial charge in [-0.3, -0.25) is 4.79 Å². The second-order valence-corrected chi connectivity index (χ2v) is 15.7. The van der Waals surface area contributed by atoms with Crippen molar-refractivity contribution in [3.63, 3.8) is 0 Å². The molecule has 2 saturated heterocycles. The maximum Gasteiger partial charge on any atom is 0.410 e. The Bertz CT molecular complexity index is 1410. The Morgan fingerprint density at radius 2 is 1.73 bits per heavy atom. The van der Waals surface area contributed by atoms with Crippen molar-refractivity contribution in [3.8, 4) is 5.75 Å². The first kappa shape index (κ1) is 41.7. The van der Waals surface area contributed by atoms with E-state index in [1.807, 2.05) is 90.9 Å². The smallest absolute Gasteiger partial charge is 0.410 e. The molecule has 12 heteroatoms. The number of amides is 1. The van der Waals surface area contributed by atoms with Crippen molar-refractivity contribution in [1.82, 2.24) is 9.80 Å². The number of cyclic esters (lactones) is 1. The molecule has 1 N–H and O–H groups in total. The van der Waals surface area contributed by atoms with E-state index in [1.165, 1.54) is 0 Å². The first-order valence-electron chi connectivity index (χ1n) is 18.8. The SMILES string of the molecule is CC[C@H]1OC(=O)/C(C)=C/[C@H](C)[C@@H](O[C@@H]2O[C@H](C)C[C@H](N(C)C)[C@H]2O)[C@@](C)(OC)C[C@@H](C)C(=O)[C@H](C)[C@H]2N(CCCOc3ccccc3)C(=O)O[C@]12C. The van der Waals surface area contributed by atoms with E-state index in [0.29, 0.717) is 31.4 Å². The molecule has 4 rings (SSSR count). The molecule has 12 nitrogen and oxygen atoms in total. The number of aliphatic hydroxyl groups excluding tert-OH is 1. The summed E-state index contributed by atoms with van der Waals surface area (Å²) in [5.41, 5.74) is -2.03. The Kier molecular flexibility index (Phi) is 14.0. The van der Waals surface area contributed by atoms with Gasteiger partial charge in [-0.15, -0.1) is 0 Å². The minimum absolute atomic E-state index is 0.0880. The number of esters is 1. The largest absolute Gasteiger partial charge is 0.494 e. The van der Waals surface area contributed by atoms with E-state index in [0.717, 1.165) is 5.75 Å². The Morgan fingerprint density at radius 1 is 1.06 bits per heavy atom. The van der Waals surface area contributed by atoms with Crippen LogP contribution in [0.1, 0.15) is 81.1 Å². The molecule has 292 valence electrons. The lowest BCUT2D eigenvalue weighted by atomic mass is 9.74. The van der Waals surface area contributed by atoms with Crippen molar-refractivity contribution in [3.05, 3.63) is 42.0 Å². The quantitative estimate of drug-likeness (QED) is 0.245. The van der Waals surface area contributed by atoms with Crippen LogP contribution in [0.4, 0.5) is 4.79 Å². The number of rotatable bonds is 10. The van der Waals surface area contributed by atoms with Gasteiger partial charge in [-0.25, -0.2) is 9.59 Å². The van der Waals surface area contributed by atoms with Crippen LogP contribution in [0.2, 0.25) is 0 Å². The maximum atomic E-state index is 14.6. The molecule has 52 heavy (non-hydrogen) atoms. The average Bonchev–Trinajstić information content (AvgIpc) is 3.36. The van der Waals surface area contributed by atoms with Crippen LogP contribution in [0.15, 0.2) is 42.0 Å². The third-order valence-electron chi connectivity index (χ3n) is 11.3. The van der Waals surface area contributed by atoms with E-state index in [1.54, 1.807) is 31.9 Å². The van der Waals surface area contributed by atoms with E-state index in [-0.39, 0.29) is 30.9 Å². The third-order valence-corrected chi connectivity index (χ3v) is 11.3. The van der Waals surface area contributed by atoms with E-state index in [2.05, 4.69) is 0 Å². The summed E-state index contributed by atoms with van der Waals surface area (Å²) in [4.78, 5) is 45.6. The Balaban J connectivity index is 1.70. The molecule has 0 unspecified atom stereocenters. The summed E-state index contributed by atoms with van der Waals surface area (Å²) in [5.74, 6) is -1.61. The highest BCUT2D eigenvalue weighted by Crippen LogP contribution is 2.43. The minimum Gasteiger partial charge on any atom is -0.494 e. The van der Waals surface area contributed by atoms with Crippen molar-refractivity contribution >= 4 is 17.8 Å². The number of ketones is 1. The van der Waals surface area contributed by atoms with Crippen molar-refractivity contribution < 1.29 is 47.9 Å². The summed E-state index contributed by atoms with van der Waals surface area (Å²) in [6, 6.07) is 8.50. The van der Waals surface area contributed by atoms with E-state index < -0.39 is 71.7 Å². The highest BCUT2D eigenvalue weighted by atomic mass is 16.7. The number of carbonyl (C=O) groups is 3. The molecule has 0 aliphatic carbocycles. The molecule has 1 amide bonds. The number of hydrogen-bond donors (Lipinski definition) is 1. The molecule has 3 aliphatic rings. The van der Waals surface area contributed by atoms with Crippen molar-refractivity contribution in [2.45, 2.75) is 135 Å². The molecule has 12 atom stereocenters. The number of nitrogens with zero attached hydrogens (tertiary/aromatic N) is 2. The number of benzene rings is 1. The van der Waals surface area contributed by atoms with Gasteiger partial charge in [-0.1, -0.05) is 52.0 Å². The second kappa shape index (κ2) is 17.4. The predicted octanol–water partition coefficient (Wildman–Crippen LogP) is 5.40. The molecule has 1 aromatic carbocycles. The highest BCUT2D eigenvalue weighted by Gasteiger charge is 2.60. The molecule has 0 radical (unpaired) electrons. The van der Waals surface area contributed by atoms with Gasteiger partial charge < -0.3 is 43.3 Å². The normalized spacial score (nSPS) is 38.9. The van der Waals surface area contributed by atoms with Gasteiger partial charge in [0.2, 0.25) is 0 Å². The van der Waals surface area contributed by atoms with Gasteiger partial charge in [0.05, 0.1) is 30.5 Å². The lowest BCUT2D eigenvalue weighted by Crippen LogP contribution is -2.59. The first-order chi connectivity index (χ1) is 24.5. The Labute approximate surface area is 310 Å². The number of ether oxygens (including phenoxy) is 6. The third kappa shape index (κ3) is 9.01. The van der Waals surface area contributed by atoms with Gasteiger partial charge in [-0.05, 0) is 79.6 Å². The van der Waals surface area contributed by atoms with Gasteiger partial charge in [0, 0.05) is 43.0 Å². The molecule has 0 spiro atoms. The number of aliphatic hydroxyl groups is 1. The summed E-state index contributed by atoms with van der Waals surface area (Å²) < 4.78 is 37.3. The number of Topliss-reactive ketones (excluding diaryl/α,β-unsaturated/α-hetero) is 1. The lowest BCUT2D eigenvalue weighted by Gasteiger charge is -2.47. The molecule has 0 saturated carbocycles. The fourth-order valence-electron chi connectivity index (χ4n) is 8.55. The van der Waals surface area contributed by atoms with Crippen LogP contribution in [0.3, 0.4) is 0 Å². The summed E-state index contributed by atoms with van der Waals surface area (Å²) in [6.07, 6.45) is -0.738. The second-order valence-electron chi connectivity index (χ2n) is 15.7. The topological polar surface area (TPSA) is 133 Å². The van der Waals surface area contributed by atoms with Gasteiger partial charge in [0.25, 0.3) is 0 Å². The van der Waals surface area contributed by atoms with Crippen LogP contribution >= 0.6 is 0 Å². The van der Waals surface area contributed by atoms with Crippen LogP contribution in [-0.4, -0.2) is 121 Å². The van der Waals surface area contributed by atoms with Crippen LogP contribution in [0, 0.1) is 17.8 Å². The van der Waals surface area contributed by atoms with E-state index >= 15 is 0 Å². The average molecular weight is 731 g/mol. The lowest BCUT2D eigenvalue weighted by molar-refractivity contribution is -0.294. The zero-order chi connectivity index (χ0) is 38.5. The number of carbonyl (C=O) groups excluding carboxylic acids is 3. The van der Waals surface area contributed by atoms with Gasteiger partial charge in [0.1, 0.15) is 23.7 Å². The van der Waals surface area contributed by atoms with E-state index in [9.17, 15) is 19.5 Å². The monoisotopic (exact) mass is 730 g/mol. The zero-order valence-corrected chi connectivity index (χ0v) is 33.0. The Hall–Kier alpha value is -3.03. The van der Waals surface area contributed by atoms with Crippen LogP contribution < -0.4 is 4.74 Å². The number of para-hydroxylation sites is 1. The first-order valence-corrected chi connectivity index (χ1v) is 18.8. The van der Waals surface area contributed by atoms with Crippen LogP contribution in [0.5, 0.6) is 5.75 Å². The number of fused-ring (bicyclic) bond motifs is 1. The van der Waals surface area contributed by atoms with E-state index in [4.69, 9.17) is 28.4 Å². The fourth-order valence-corrected chi connectivity index (χ4v) is 8.55. The molecule has 0 bridgehead atoms. The summed E-state index contributed by atoms with van der Waals surface area (Å²) in [7, 11) is 5.40. The maximum absolute atomic E-state index is 14.6. The zero-order valence-electron chi connectivity index (χ0n) is 33.0. The summed E-state index contributed by atoms with van der Waals surface area (Å²) in [6.45, 7) is 15.4. The molecule has 1 aromatic rings. The molecule has 3 aliphatic heterocycles. The summed E-state index contributed by atoms with van der Waals surface area (Å²) >= 11 is 0. The number of hydrogen-bond acceptors (Lipinski definition) is 11. The fraction of sp³-hybridized carbons (Fsp3) is 0.725. The van der Waals surface area contributed by atoms with Crippen LogP contribution in [-0.2, 0) is 33.3 Å². The molecular formula is C40H62N2O10. The number of methoxy groups -OCH3 is 1. The standard InChI is InChI=1S/C40H62N2O10/c1-12-31-40(8)34(42(38(46)52-40)19-16-20-48-29-17-14-13-15-18-29)28(6)32(43)26(4)23-39(7,47-11)35(24(2)21-25(3)36(45)50-31)51-37-33(44)30(41(9)10)22-27(5)49-37/h13-15,17-18,21,24,26-28,30-31,33-35,37,44H,12,16,19-20,22-23H2,1-11H3/b25-21+/t24-,26+,27+,28-,30-,31+,33+,34+,35+,37-,39-,40+/m0/s1. The molecular weight excluding hydrogens is 668 g/mol. The Morgan fingerprint density at radius 3 is 2.35 bits per heavy atom. The van der Waals surface area contributed by atoms with Crippen molar-refractivity contribution in [2.75, 3.05) is 34.4 Å². The number of likely N-dealkylation sites (N-methyl/N-ethyl adjacent to an activating group) is 1. The minimum atomic E-state index is -1.31. The van der Waals surface area contributed by atoms with Gasteiger partial charge in [0.15, 0.2) is 11.9 Å². The summed E-state index contributed by atoms with van der Waals surface area (Å²) in [5, 5.41) is 11.4.